The van der Waals surface area contributed by atoms with Crippen LogP contribution in [0.2, 0.25) is 0 Å². The van der Waals surface area contributed by atoms with Crippen molar-refractivity contribution < 1.29 is 9.84 Å². The summed E-state index contributed by atoms with van der Waals surface area (Å²) in [6, 6.07) is 7.70. The minimum atomic E-state index is -0.822. The van der Waals surface area contributed by atoms with E-state index >= 15 is 0 Å². The summed E-state index contributed by atoms with van der Waals surface area (Å²) >= 11 is 0. The van der Waals surface area contributed by atoms with Gasteiger partial charge >= 0.3 is 0 Å². The molecule has 14 heavy (non-hydrogen) atoms. The second kappa shape index (κ2) is 3.84. The van der Waals surface area contributed by atoms with Gasteiger partial charge in [-0.05, 0) is 18.1 Å². The number of allylic oxidation sites excluding steroid dienone is 1. The van der Waals surface area contributed by atoms with Crippen molar-refractivity contribution in [1.82, 2.24) is 0 Å². The van der Waals surface area contributed by atoms with Crippen molar-refractivity contribution >= 4 is 6.08 Å². The van der Waals surface area contributed by atoms with Crippen LogP contribution in [-0.4, -0.2) is 5.11 Å². The highest BCUT2D eigenvalue weighted by molar-refractivity contribution is 5.57. The normalized spacial score (nSPS) is 19.6. The maximum Gasteiger partial charge on any atom is 0.224 e. The lowest BCUT2D eigenvalue weighted by molar-refractivity contribution is -0.0721. The van der Waals surface area contributed by atoms with Crippen LogP contribution in [0.5, 0.6) is 0 Å². The van der Waals surface area contributed by atoms with Crippen molar-refractivity contribution in [2.45, 2.75) is 19.1 Å². The van der Waals surface area contributed by atoms with E-state index < -0.39 is 6.29 Å². The maximum atomic E-state index is 9.67. The number of rotatable bonds is 2. The van der Waals surface area contributed by atoms with Crippen molar-refractivity contribution in [3.8, 4) is 0 Å². The lowest BCUT2D eigenvalue weighted by Gasteiger charge is -2.22. The molecule has 0 fully saturated rings. The van der Waals surface area contributed by atoms with Crippen LogP contribution < -0.4 is 0 Å². The topological polar surface area (TPSA) is 29.5 Å². The van der Waals surface area contributed by atoms with Gasteiger partial charge < -0.3 is 9.84 Å². The zero-order chi connectivity index (χ0) is 9.97. The Balaban J connectivity index is 2.35. The molecular weight excluding hydrogens is 176 g/mol. The molecular formula is C12H13O2. The van der Waals surface area contributed by atoms with E-state index in [0.29, 0.717) is 0 Å². The lowest BCUT2D eigenvalue weighted by Crippen LogP contribution is -2.09. The highest BCUT2D eigenvalue weighted by Gasteiger charge is 2.18. The van der Waals surface area contributed by atoms with Gasteiger partial charge in [0.2, 0.25) is 6.29 Å². The van der Waals surface area contributed by atoms with Crippen LogP contribution >= 0.6 is 0 Å². The smallest absolute Gasteiger partial charge is 0.224 e. The van der Waals surface area contributed by atoms with E-state index in [1.54, 1.807) is 0 Å². The molecule has 1 aliphatic rings. The number of fused-ring (bicyclic) bond motifs is 1. The van der Waals surface area contributed by atoms with Gasteiger partial charge in [-0.15, -0.1) is 0 Å². The lowest BCUT2D eigenvalue weighted by atomic mass is 10.0. The Hall–Kier alpha value is -1.28. The standard InChI is InChI=1S/C12H13O2/c1-2-5-10-8-9-6-3-4-7-11(9)12(13)14-10/h3-4,6-8,12-13H,1-2,5H2. The van der Waals surface area contributed by atoms with E-state index in [9.17, 15) is 5.11 Å². The molecule has 1 aromatic rings. The Kier molecular flexibility index (Phi) is 2.55. The molecule has 1 aliphatic heterocycles. The highest BCUT2D eigenvalue weighted by atomic mass is 16.6. The molecule has 73 valence electrons. The second-order valence-corrected chi connectivity index (χ2v) is 3.31. The van der Waals surface area contributed by atoms with Gasteiger partial charge in [-0.2, -0.15) is 0 Å². The molecule has 1 heterocycles. The van der Waals surface area contributed by atoms with Gasteiger partial charge in [-0.1, -0.05) is 31.2 Å². The number of aliphatic hydroxyl groups excluding tert-OH is 1. The number of benzene rings is 1. The number of hydrogen-bond donors (Lipinski definition) is 1. The van der Waals surface area contributed by atoms with Gasteiger partial charge in [-0.25, -0.2) is 0 Å². The van der Waals surface area contributed by atoms with Crippen LogP contribution in [0.3, 0.4) is 0 Å². The molecule has 0 bridgehead atoms. The average Bonchev–Trinajstić information content (AvgIpc) is 2.18. The summed E-state index contributed by atoms with van der Waals surface area (Å²) in [5.74, 6) is 0.811. The largest absolute Gasteiger partial charge is 0.465 e. The summed E-state index contributed by atoms with van der Waals surface area (Å²) in [5, 5.41) is 9.67. The zero-order valence-electron chi connectivity index (χ0n) is 7.94. The molecule has 2 nitrogen and oxygen atoms in total. The molecule has 1 atom stereocenters. The highest BCUT2D eigenvalue weighted by Crippen LogP contribution is 2.30. The molecule has 0 aromatic heterocycles. The van der Waals surface area contributed by atoms with Gasteiger partial charge in [0, 0.05) is 12.0 Å². The van der Waals surface area contributed by atoms with Crippen LogP contribution in [0.15, 0.2) is 30.0 Å². The van der Waals surface area contributed by atoms with Gasteiger partial charge in [0.15, 0.2) is 0 Å². The predicted molar refractivity (Wildman–Crippen MR) is 55.1 cm³/mol. The first-order valence-electron chi connectivity index (χ1n) is 4.74. The third kappa shape index (κ3) is 1.66. The van der Waals surface area contributed by atoms with Crippen LogP contribution in [0, 0.1) is 6.92 Å². The Morgan fingerprint density at radius 2 is 2.14 bits per heavy atom. The summed E-state index contributed by atoms with van der Waals surface area (Å²) in [6.45, 7) is 3.76. The molecule has 1 aromatic carbocycles. The van der Waals surface area contributed by atoms with E-state index in [1.807, 2.05) is 30.3 Å². The Bertz CT molecular complexity index is 355. The summed E-state index contributed by atoms with van der Waals surface area (Å²) in [4.78, 5) is 0. The summed E-state index contributed by atoms with van der Waals surface area (Å²) in [7, 11) is 0. The molecule has 0 saturated heterocycles. The third-order valence-corrected chi connectivity index (χ3v) is 2.26. The summed E-state index contributed by atoms with van der Waals surface area (Å²) in [5.41, 5.74) is 1.87. The van der Waals surface area contributed by atoms with Crippen molar-refractivity contribution in [2.75, 3.05) is 0 Å². The Morgan fingerprint density at radius 3 is 2.93 bits per heavy atom. The molecule has 1 unspecified atom stereocenters. The predicted octanol–water partition coefficient (Wildman–Crippen LogP) is 2.66. The van der Waals surface area contributed by atoms with E-state index in [-0.39, 0.29) is 0 Å². The molecule has 0 spiro atoms. The van der Waals surface area contributed by atoms with Gasteiger partial charge in [0.05, 0.1) is 0 Å². The van der Waals surface area contributed by atoms with E-state index in [2.05, 4.69) is 6.92 Å². The SMILES string of the molecule is [CH2]CCC1=Cc2ccccc2C(O)O1. The Morgan fingerprint density at radius 1 is 1.36 bits per heavy atom. The van der Waals surface area contributed by atoms with Crippen LogP contribution in [0.4, 0.5) is 0 Å². The van der Waals surface area contributed by atoms with E-state index in [0.717, 1.165) is 29.7 Å². The van der Waals surface area contributed by atoms with E-state index in [1.165, 1.54) is 0 Å². The van der Waals surface area contributed by atoms with Gasteiger partial charge in [-0.3, -0.25) is 0 Å². The number of aliphatic hydroxyl groups is 1. The molecule has 0 amide bonds. The number of hydrogen-bond acceptors (Lipinski definition) is 2. The number of ether oxygens (including phenoxy) is 1. The first kappa shape index (κ1) is 9.28. The first-order chi connectivity index (χ1) is 6.81. The molecule has 2 rings (SSSR count). The Labute approximate surface area is 83.8 Å². The van der Waals surface area contributed by atoms with Crippen LogP contribution in [0.1, 0.15) is 30.3 Å². The minimum absolute atomic E-state index is 0.769. The van der Waals surface area contributed by atoms with Gasteiger partial charge in [0.25, 0.3) is 0 Å². The fourth-order valence-electron chi connectivity index (χ4n) is 1.59. The molecule has 0 aliphatic carbocycles. The first-order valence-corrected chi connectivity index (χ1v) is 4.74. The second-order valence-electron chi connectivity index (χ2n) is 3.31. The fourth-order valence-corrected chi connectivity index (χ4v) is 1.59. The van der Waals surface area contributed by atoms with Crippen LogP contribution in [0.25, 0.3) is 6.08 Å². The minimum Gasteiger partial charge on any atom is -0.465 e. The monoisotopic (exact) mass is 189 g/mol. The molecule has 0 saturated carbocycles. The molecule has 1 N–H and O–H groups in total. The summed E-state index contributed by atoms with van der Waals surface area (Å²) < 4.78 is 5.33. The zero-order valence-corrected chi connectivity index (χ0v) is 7.94. The van der Waals surface area contributed by atoms with Crippen molar-refractivity contribution in [3.63, 3.8) is 0 Å². The fraction of sp³-hybridized carbons (Fsp3) is 0.250. The van der Waals surface area contributed by atoms with Crippen molar-refractivity contribution in [2.24, 2.45) is 0 Å². The summed E-state index contributed by atoms with van der Waals surface area (Å²) in [6.07, 6.45) is 2.69. The average molecular weight is 189 g/mol. The van der Waals surface area contributed by atoms with Crippen molar-refractivity contribution in [1.29, 1.82) is 0 Å². The molecule has 2 heteroatoms. The third-order valence-electron chi connectivity index (χ3n) is 2.26. The molecule has 1 radical (unpaired) electrons. The van der Waals surface area contributed by atoms with E-state index in [4.69, 9.17) is 4.74 Å². The van der Waals surface area contributed by atoms with Crippen molar-refractivity contribution in [3.05, 3.63) is 48.1 Å². The quantitative estimate of drug-likeness (QED) is 0.775. The maximum absolute atomic E-state index is 9.67. The van der Waals surface area contributed by atoms with Gasteiger partial charge in [0.1, 0.15) is 5.76 Å². The van der Waals surface area contributed by atoms with Crippen LogP contribution in [-0.2, 0) is 4.74 Å².